The quantitative estimate of drug-likeness (QED) is 0.528. The summed E-state index contributed by atoms with van der Waals surface area (Å²) in [6.45, 7) is 0.00234. The summed E-state index contributed by atoms with van der Waals surface area (Å²) in [5, 5.41) is 14.7. The first-order chi connectivity index (χ1) is 12.0. The predicted molar refractivity (Wildman–Crippen MR) is 88.5 cm³/mol. The van der Waals surface area contributed by atoms with Crippen molar-refractivity contribution in [1.82, 2.24) is 19.5 Å². The first-order valence-electron chi connectivity index (χ1n) is 7.15. The molecule has 2 heterocycles. The van der Waals surface area contributed by atoms with Gasteiger partial charge in [0.2, 0.25) is 10.0 Å². The highest BCUT2D eigenvalue weighted by molar-refractivity contribution is 7.89. The molecular weight excluding hydrogens is 346 g/mol. The minimum absolute atomic E-state index is 0.00234. The Morgan fingerprint density at radius 2 is 1.88 bits per heavy atom. The Hall–Kier alpha value is -3.11. The second-order valence-electron chi connectivity index (χ2n) is 5.01. The van der Waals surface area contributed by atoms with Gasteiger partial charge in [0.05, 0.1) is 9.82 Å². The molecule has 0 saturated heterocycles. The largest absolute Gasteiger partial charge is 0.269 e. The first kappa shape index (κ1) is 16.7. The number of nitrogens with one attached hydrogen (secondary N) is 1. The molecule has 0 aliphatic heterocycles. The van der Waals surface area contributed by atoms with Gasteiger partial charge in [-0.2, -0.15) is 5.10 Å². The summed E-state index contributed by atoms with van der Waals surface area (Å²) in [5.74, 6) is 0.513. The second-order valence-corrected chi connectivity index (χ2v) is 6.78. The van der Waals surface area contributed by atoms with Crippen LogP contribution in [0.4, 0.5) is 5.69 Å². The molecule has 0 fully saturated rings. The summed E-state index contributed by atoms with van der Waals surface area (Å²) >= 11 is 0. The SMILES string of the molecule is O=[N+]([O-])c1ccc(S(=O)(=O)NCc2cccnc2-n2cccn2)cc1. The van der Waals surface area contributed by atoms with Crippen LogP contribution >= 0.6 is 0 Å². The Morgan fingerprint density at radius 1 is 1.12 bits per heavy atom. The van der Waals surface area contributed by atoms with Gasteiger partial charge in [0.15, 0.2) is 5.82 Å². The van der Waals surface area contributed by atoms with Crippen LogP contribution in [0.25, 0.3) is 5.82 Å². The Morgan fingerprint density at radius 3 is 2.52 bits per heavy atom. The van der Waals surface area contributed by atoms with Gasteiger partial charge in [-0.25, -0.2) is 22.8 Å². The minimum Gasteiger partial charge on any atom is -0.258 e. The van der Waals surface area contributed by atoms with Gasteiger partial charge in [0.25, 0.3) is 5.69 Å². The van der Waals surface area contributed by atoms with Gasteiger partial charge in [-0.15, -0.1) is 0 Å². The third-order valence-corrected chi connectivity index (χ3v) is 4.82. The highest BCUT2D eigenvalue weighted by atomic mass is 32.2. The van der Waals surface area contributed by atoms with Crippen molar-refractivity contribution in [3.8, 4) is 5.82 Å². The molecule has 3 rings (SSSR count). The van der Waals surface area contributed by atoms with Gasteiger partial charge in [0.1, 0.15) is 0 Å². The molecule has 1 N–H and O–H groups in total. The molecule has 0 aliphatic carbocycles. The maximum Gasteiger partial charge on any atom is 0.269 e. The molecule has 0 bridgehead atoms. The number of nitro groups is 1. The van der Waals surface area contributed by atoms with Gasteiger partial charge >= 0.3 is 0 Å². The summed E-state index contributed by atoms with van der Waals surface area (Å²) in [6.07, 6.45) is 4.89. The number of nitro benzene ring substituents is 1. The van der Waals surface area contributed by atoms with E-state index < -0.39 is 14.9 Å². The molecule has 0 aliphatic rings. The number of aromatic nitrogens is 3. The smallest absolute Gasteiger partial charge is 0.258 e. The van der Waals surface area contributed by atoms with Crippen LogP contribution in [0.15, 0.2) is 66.0 Å². The van der Waals surface area contributed by atoms with Crippen molar-refractivity contribution >= 4 is 15.7 Å². The van der Waals surface area contributed by atoms with Crippen molar-refractivity contribution in [2.75, 3.05) is 0 Å². The Balaban J connectivity index is 1.80. The lowest BCUT2D eigenvalue weighted by atomic mass is 10.2. The molecule has 0 spiro atoms. The van der Waals surface area contributed by atoms with Crippen LogP contribution < -0.4 is 4.72 Å². The summed E-state index contributed by atoms with van der Waals surface area (Å²) in [7, 11) is -3.82. The summed E-state index contributed by atoms with van der Waals surface area (Å²) in [4.78, 5) is 14.2. The summed E-state index contributed by atoms with van der Waals surface area (Å²) in [6, 6.07) is 9.85. The normalized spacial score (nSPS) is 11.4. The highest BCUT2D eigenvalue weighted by Gasteiger charge is 2.17. The van der Waals surface area contributed by atoms with Gasteiger partial charge in [0, 0.05) is 42.8 Å². The Kier molecular flexibility index (Phi) is 4.55. The van der Waals surface area contributed by atoms with Crippen molar-refractivity contribution in [2.24, 2.45) is 0 Å². The van der Waals surface area contributed by atoms with Crippen molar-refractivity contribution in [3.63, 3.8) is 0 Å². The van der Waals surface area contributed by atoms with Crippen LogP contribution in [0, 0.1) is 10.1 Å². The second kappa shape index (κ2) is 6.79. The van der Waals surface area contributed by atoms with Crippen LogP contribution in [-0.4, -0.2) is 28.1 Å². The fraction of sp³-hybridized carbons (Fsp3) is 0.0667. The van der Waals surface area contributed by atoms with Crippen molar-refractivity contribution in [1.29, 1.82) is 0 Å². The fourth-order valence-corrected chi connectivity index (χ4v) is 3.18. The van der Waals surface area contributed by atoms with Crippen molar-refractivity contribution < 1.29 is 13.3 Å². The third-order valence-electron chi connectivity index (χ3n) is 3.40. The lowest BCUT2D eigenvalue weighted by Crippen LogP contribution is -2.24. The van der Waals surface area contributed by atoms with E-state index in [1.165, 1.54) is 16.8 Å². The molecule has 10 heteroatoms. The van der Waals surface area contributed by atoms with Crippen LogP contribution in [0.1, 0.15) is 5.56 Å². The van der Waals surface area contributed by atoms with Crippen LogP contribution in [0.2, 0.25) is 0 Å². The molecular formula is C15H13N5O4S. The van der Waals surface area contributed by atoms with Crippen molar-refractivity contribution in [3.05, 3.63) is 76.7 Å². The van der Waals surface area contributed by atoms with E-state index in [4.69, 9.17) is 0 Å². The highest BCUT2D eigenvalue weighted by Crippen LogP contribution is 2.17. The molecule has 0 atom stereocenters. The number of hydrogen-bond donors (Lipinski definition) is 1. The zero-order valence-corrected chi connectivity index (χ0v) is 13.6. The first-order valence-corrected chi connectivity index (χ1v) is 8.64. The van der Waals surface area contributed by atoms with E-state index in [9.17, 15) is 18.5 Å². The minimum atomic E-state index is -3.82. The zero-order valence-electron chi connectivity index (χ0n) is 12.8. The monoisotopic (exact) mass is 359 g/mol. The molecule has 0 radical (unpaired) electrons. The molecule has 1 aromatic carbocycles. The van der Waals surface area contributed by atoms with Gasteiger partial charge < -0.3 is 0 Å². The van der Waals surface area contributed by atoms with Gasteiger partial charge in [-0.05, 0) is 24.3 Å². The average Bonchev–Trinajstić information content (AvgIpc) is 3.15. The number of benzene rings is 1. The number of sulfonamides is 1. The maximum absolute atomic E-state index is 12.4. The molecule has 0 unspecified atom stereocenters. The number of rotatable bonds is 6. The van der Waals surface area contributed by atoms with Crippen LogP contribution in [-0.2, 0) is 16.6 Å². The molecule has 0 saturated carbocycles. The molecule has 0 amide bonds. The van der Waals surface area contributed by atoms with Gasteiger partial charge in [-0.3, -0.25) is 10.1 Å². The van der Waals surface area contributed by atoms with E-state index in [1.807, 2.05) is 0 Å². The zero-order chi connectivity index (χ0) is 17.9. The number of nitrogens with zero attached hydrogens (tertiary/aromatic N) is 4. The van der Waals surface area contributed by atoms with E-state index in [-0.39, 0.29) is 17.1 Å². The van der Waals surface area contributed by atoms with E-state index in [1.54, 1.807) is 36.8 Å². The standard InChI is InChI=1S/C15H13N5O4S/c21-20(22)13-4-6-14(7-5-13)25(23,24)18-11-12-3-1-8-16-15(12)19-10-2-9-17-19/h1-10,18H,11H2. The lowest BCUT2D eigenvalue weighted by molar-refractivity contribution is -0.384. The Labute approximate surface area is 143 Å². The Bertz CT molecular complexity index is 985. The molecule has 2 aromatic heterocycles. The molecule has 25 heavy (non-hydrogen) atoms. The summed E-state index contributed by atoms with van der Waals surface area (Å²) in [5.41, 5.74) is 0.462. The van der Waals surface area contributed by atoms with Crippen LogP contribution in [0.3, 0.4) is 0 Å². The van der Waals surface area contributed by atoms with E-state index >= 15 is 0 Å². The molecule has 9 nitrogen and oxygen atoms in total. The third kappa shape index (κ3) is 3.70. The number of hydrogen-bond acceptors (Lipinski definition) is 6. The van der Waals surface area contributed by atoms with E-state index in [0.29, 0.717) is 11.4 Å². The van der Waals surface area contributed by atoms with E-state index in [2.05, 4.69) is 14.8 Å². The number of non-ortho nitro benzene ring substituents is 1. The average molecular weight is 359 g/mol. The van der Waals surface area contributed by atoms with E-state index in [0.717, 1.165) is 12.1 Å². The van der Waals surface area contributed by atoms with Crippen LogP contribution in [0.5, 0.6) is 0 Å². The lowest BCUT2D eigenvalue weighted by Gasteiger charge is -2.10. The maximum atomic E-state index is 12.4. The molecule has 3 aromatic rings. The fourth-order valence-electron chi connectivity index (χ4n) is 2.17. The topological polar surface area (TPSA) is 120 Å². The number of pyridine rings is 1. The molecule has 128 valence electrons. The predicted octanol–water partition coefficient (Wildman–Crippen LogP) is 1.65. The van der Waals surface area contributed by atoms with Crippen molar-refractivity contribution in [2.45, 2.75) is 11.4 Å². The summed E-state index contributed by atoms with van der Waals surface area (Å²) < 4.78 is 28.7. The van der Waals surface area contributed by atoms with Gasteiger partial charge in [-0.1, -0.05) is 6.07 Å².